The van der Waals surface area contributed by atoms with Crippen molar-refractivity contribution >= 4 is 0 Å². The summed E-state index contributed by atoms with van der Waals surface area (Å²) in [5.74, 6) is 0.799. The van der Waals surface area contributed by atoms with Gasteiger partial charge in [-0.2, -0.15) is 0 Å². The van der Waals surface area contributed by atoms with Gasteiger partial charge in [0.05, 0.1) is 0 Å². The highest BCUT2D eigenvalue weighted by molar-refractivity contribution is 4.89. The van der Waals surface area contributed by atoms with Crippen molar-refractivity contribution in [2.45, 2.75) is 65.6 Å². The van der Waals surface area contributed by atoms with Crippen LogP contribution in [-0.2, 0) is 0 Å². The SMILES string of the molecule is CCC(CC)NC1CN(C(C)C)CC1C. The van der Waals surface area contributed by atoms with Crippen LogP contribution in [0.4, 0.5) is 0 Å². The van der Waals surface area contributed by atoms with E-state index in [2.05, 4.69) is 44.8 Å². The fourth-order valence-electron chi connectivity index (χ4n) is 2.47. The molecule has 15 heavy (non-hydrogen) atoms. The second kappa shape index (κ2) is 5.86. The zero-order valence-electron chi connectivity index (χ0n) is 11.1. The first-order valence-corrected chi connectivity index (χ1v) is 6.58. The molecule has 0 aliphatic carbocycles. The Hall–Kier alpha value is -0.0800. The molecular weight excluding hydrogens is 184 g/mol. The van der Waals surface area contributed by atoms with Crippen LogP contribution in [0.25, 0.3) is 0 Å². The Morgan fingerprint density at radius 1 is 1.20 bits per heavy atom. The molecule has 0 radical (unpaired) electrons. The predicted molar refractivity (Wildman–Crippen MR) is 67.2 cm³/mol. The number of rotatable bonds is 5. The molecule has 0 saturated carbocycles. The van der Waals surface area contributed by atoms with E-state index in [1.165, 1.54) is 25.9 Å². The lowest BCUT2D eigenvalue weighted by molar-refractivity contribution is 0.262. The molecular formula is C13H28N2. The molecule has 2 heteroatoms. The topological polar surface area (TPSA) is 15.3 Å². The monoisotopic (exact) mass is 212 g/mol. The molecule has 90 valence electrons. The van der Waals surface area contributed by atoms with Gasteiger partial charge in [0.25, 0.3) is 0 Å². The summed E-state index contributed by atoms with van der Waals surface area (Å²) in [6.07, 6.45) is 2.50. The zero-order chi connectivity index (χ0) is 11.4. The van der Waals surface area contributed by atoms with Crippen LogP contribution in [0.3, 0.4) is 0 Å². The molecule has 0 amide bonds. The van der Waals surface area contributed by atoms with Gasteiger partial charge in [0, 0.05) is 31.2 Å². The van der Waals surface area contributed by atoms with Crippen LogP contribution in [-0.4, -0.2) is 36.1 Å². The lowest BCUT2D eigenvalue weighted by atomic mass is 10.0. The van der Waals surface area contributed by atoms with E-state index < -0.39 is 0 Å². The Bertz CT molecular complexity index is 175. The van der Waals surface area contributed by atoms with Crippen molar-refractivity contribution in [1.82, 2.24) is 10.2 Å². The normalized spacial score (nSPS) is 28.2. The van der Waals surface area contributed by atoms with Crippen LogP contribution in [0.5, 0.6) is 0 Å². The van der Waals surface area contributed by atoms with Crippen LogP contribution in [0.15, 0.2) is 0 Å². The van der Waals surface area contributed by atoms with E-state index in [-0.39, 0.29) is 0 Å². The van der Waals surface area contributed by atoms with Crippen molar-refractivity contribution in [3.63, 3.8) is 0 Å². The third-order valence-corrected chi connectivity index (χ3v) is 3.81. The molecule has 1 heterocycles. The van der Waals surface area contributed by atoms with Gasteiger partial charge in [-0.05, 0) is 32.6 Å². The molecule has 0 bridgehead atoms. The van der Waals surface area contributed by atoms with E-state index in [0.29, 0.717) is 18.1 Å². The Kier molecular flexibility index (Phi) is 5.07. The fourth-order valence-corrected chi connectivity index (χ4v) is 2.47. The summed E-state index contributed by atoms with van der Waals surface area (Å²) in [5, 5.41) is 3.81. The van der Waals surface area contributed by atoms with Crippen LogP contribution in [0.1, 0.15) is 47.5 Å². The highest BCUT2D eigenvalue weighted by Gasteiger charge is 2.31. The molecule has 1 N–H and O–H groups in total. The molecule has 1 saturated heterocycles. The molecule has 0 aromatic heterocycles. The second-order valence-electron chi connectivity index (χ2n) is 5.31. The summed E-state index contributed by atoms with van der Waals surface area (Å²) in [4.78, 5) is 2.59. The number of hydrogen-bond acceptors (Lipinski definition) is 2. The summed E-state index contributed by atoms with van der Waals surface area (Å²) >= 11 is 0. The lowest BCUT2D eigenvalue weighted by Gasteiger charge is -2.24. The number of likely N-dealkylation sites (tertiary alicyclic amines) is 1. The van der Waals surface area contributed by atoms with Crippen molar-refractivity contribution in [3.8, 4) is 0 Å². The summed E-state index contributed by atoms with van der Waals surface area (Å²) in [7, 11) is 0. The maximum atomic E-state index is 3.81. The maximum absolute atomic E-state index is 3.81. The first-order chi connectivity index (χ1) is 7.08. The van der Waals surface area contributed by atoms with Gasteiger partial charge < -0.3 is 5.32 Å². The predicted octanol–water partition coefficient (Wildman–Crippen LogP) is 2.49. The maximum Gasteiger partial charge on any atom is 0.0235 e. The van der Waals surface area contributed by atoms with E-state index >= 15 is 0 Å². The van der Waals surface area contributed by atoms with Crippen molar-refractivity contribution in [1.29, 1.82) is 0 Å². The molecule has 0 aromatic rings. The Labute approximate surface area is 95.4 Å². The minimum Gasteiger partial charge on any atom is -0.310 e. The average Bonchev–Trinajstić information content (AvgIpc) is 2.56. The van der Waals surface area contributed by atoms with Gasteiger partial charge in [0.2, 0.25) is 0 Å². The minimum absolute atomic E-state index is 0.695. The van der Waals surface area contributed by atoms with Gasteiger partial charge in [0.1, 0.15) is 0 Å². The quantitative estimate of drug-likeness (QED) is 0.753. The molecule has 2 unspecified atom stereocenters. The number of nitrogens with one attached hydrogen (secondary N) is 1. The molecule has 2 nitrogen and oxygen atoms in total. The van der Waals surface area contributed by atoms with Gasteiger partial charge in [-0.1, -0.05) is 20.8 Å². The summed E-state index contributed by atoms with van der Waals surface area (Å²) < 4.78 is 0. The van der Waals surface area contributed by atoms with E-state index in [4.69, 9.17) is 0 Å². The molecule has 1 aliphatic rings. The van der Waals surface area contributed by atoms with E-state index in [0.717, 1.165) is 5.92 Å². The van der Waals surface area contributed by atoms with Crippen LogP contribution >= 0.6 is 0 Å². The Balaban J connectivity index is 2.43. The van der Waals surface area contributed by atoms with Crippen molar-refractivity contribution in [2.75, 3.05) is 13.1 Å². The highest BCUT2D eigenvalue weighted by Crippen LogP contribution is 2.19. The largest absolute Gasteiger partial charge is 0.310 e. The van der Waals surface area contributed by atoms with Crippen molar-refractivity contribution in [3.05, 3.63) is 0 Å². The van der Waals surface area contributed by atoms with Gasteiger partial charge in [-0.15, -0.1) is 0 Å². The standard InChI is InChI=1S/C13H28N2/c1-6-12(7-2)14-13-9-15(10(3)4)8-11(13)5/h10-14H,6-9H2,1-5H3. The highest BCUT2D eigenvalue weighted by atomic mass is 15.2. The third-order valence-electron chi connectivity index (χ3n) is 3.81. The van der Waals surface area contributed by atoms with Crippen LogP contribution in [0, 0.1) is 5.92 Å². The fraction of sp³-hybridized carbons (Fsp3) is 1.00. The summed E-state index contributed by atoms with van der Waals surface area (Å²) in [6, 6.07) is 2.11. The molecule has 0 aromatic carbocycles. The smallest absolute Gasteiger partial charge is 0.0235 e. The van der Waals surface area contributed by atoms with E-state index in [9.17, 15) is 0 Å². The van der Waals surface area contributed by atoms with Crippen molar-refractivity contribution < 1.29 is 0 Å². The second-order valence-corrected chi connectivity index (χ2v) is 5.31. The lowest BCUT2D eigenvalue weighted by Crippen LogP contribution is -2.42. The average molecular weight is 212 g/mol. The van der Waals surface area contributed by atoms with Gasteiger partial charge >= 0.3 is 0 Å². The minimum atomic E-state index is 0.695. The molecule has 2 atom stereocenters. The van der Waals surface area contributed by atoms with Crippen LogP contribution in [0.2, 0.25) is 0 Å². The first-order valence-electron chi connectivity index (χ1n) is 6.58. The van der Waals surface area contributed by atoms with Gasteiger partial charge in [-0.25, -0.2) is 0 Å². The first kappa shape index (κ1) is 13.0. The van der Waals surface area contributed by atoms with E-state index in [1.54, 1.807) is 0 Å². The third kappa shape index (κ3) is 3.46. The van der Waals surface area contributed by atoms with Crippen LogP contribution < -0.4 is 5.32 Å². The molecule has 0 spiro atoms. The summed E-state index contributed by atoms with van der Waals surface area (Å²) in [6.45, 7) is 14.0. The Morgan fingerprint density at radius 2 is 1.80 bits per heavy atom. The number of hydrogen-bond donors (Lipinski definition) is 1. The van der Waals surface area contributed by atoms with Crippen molar-refractivity contribution in [2.24, 2.45) is 5.92 Å². The van der Waals surface area contributed by atoms with E-state index in [1.807, 2.05) is 0 Å². The summed E-state index contributed by atoms with van der Waals surface area (Å²) in [5.41, 5.74) is 0. The Morgan fingerprint density at radius 3 is 2.20 bits per heavy atom. The molecule has 1 aliphatic heterocycles. The molecule has 1 rings (SSSR count). The van der Waals surface area contributed by atoms with Gasteiger partial charge in [-0.3, -0.25) is 4.90 Å². The molecule has 1 fully saturated rings. The number of nitrogens with zero attached hydrogens (tertiary/aromatic N) is 1. The zero-order valence-corrected chi connectivity index (χ0v) is 11.1. The van der Waals surface area contributed by atoms with Gasteiger partial charge in [0.15, 0.2) is 0 Å².